The van der Waals surface area contributed by atoms with Gasteiger partial charge in [-0.1, -0.05) is 0 Å². The van der Waals surface area contributed by atoms with Crippen LogP contribution < -0.4 is 9.47 Å². The molecular formula is C14H8I6O2. The van der Waals surface area contributed by atoms with Crippen LogP contribution in [0.5, 0.6) is 11.5 Å². The van der Waals surface area contributed by atoms with Gasteiger partial charge in [-0.05, 0) is 160 Å². The Bertz CT molecular complexity index is 584. The predicted molar refractivity (Wildman–Crippen MR) is 140 cm³/mol. The van der Waals surface area contributed by atoms with Crippen LogP contribution in [-0.4, -0.2) is 13.2 Å². The van der Waals surface area contributed by atoms with Crippen molar-refractivity contribution in [2.75, 3.05) is 13.2 Å². The number of hydrogen-bond acceptors (Lipinski definition) is 2. The molecule has 0 spiro atoms. The number of hydrogen-bond donors (Lipinski definition) is 0. The van der Waals surface area contributed by atoms with Crippen molar-refractivity contribution in [1.29, 1.82) is 0 Å². The van der Waals surface area contributed by atoms with Crippen LogP contribution in [0.1, 0.15) is 0 Å². The summed E-state index contributed by atoms with van der Waals surface area (Å²) in [5.74, 6) is 1.88. The highest BCUT2D eigenvalue weighted by molar-refractivity contribution is 14.1. The summed E-state index contributed by atoms with van der Waals surface area (Å²) in [5, 5.41) is 0. The van der Waals surface area contributed by atoms with Gasteiger partial charge in [-0.25, -0.2) is 0 Å². The third kappa shape index (κ3) is 6.00. The molecule has 8 heteroatoms. The Balaban J connectivity index is 1.96. The highest BCUT2D eigenvalue weighted by atomic mass is 127. The van der Waals surface area contributed by atoms with Crippen LogP contribution in [0.2, 0.25) is 0 Å². The van der Waals surface area contributed by atoms with Crippen LogP contribution in [0.4, 0.5) is 0 Å². The Labute approximate surface area is 211 Å². The minimum atomic E-state index is 0.532. The Hall–Kier alpha value is 2.42. The maximum atomic E-state index is 5.90. The van der Waals surface area contributed by atoms with Crippen LogP contribution in [-0.2, 0) is 0 Å². The van der Waals surface area contributed by atoms with E-state index >= 15 is 0 Å². The monoisotopic (exact) mass is 969 g/mol. The number of ether oxygens (including phenoxy) is 2. The molecule has 0 aliphatic carbocycles. The Morgan fingerprint density at radius 2 is 0.818 bits per heavy atom. The van der Waals surface area contributed by atoms with Gasteiger partial charge in [0.1, 0.15) is 24.7 Å². The van der Waals surface area contributed by atoms with E-state index in [1.54, 1.807) is 0 Å². The van der Waals surface area contributed by atoms with Gasteiger partial charge in [-0.3, -0.25) is 0 Å². The largest absolute Gasteiger partial charge is 0.488 e. The fourth-order valence-corrected chi connectivity index (χ4v) is 9.41. The van der Waals surface area contributed by atoms with E-state index in [2.05, 4.69) is 160 Å². The van der Waals surface area contributed by atoms with Gasteiger partial charge < -0.3 is 9.47 Å². The van der Waals surface area contributed by atoms with Gasteiger partial charge in [-0.15, -0.1) is 0 Å². The predicted octanol–water partition coefficient (Wildman–Crippen LogP) is 6.77. The summed E-state index contributed by atoms with van der Waals surface area (Å²) in [5.41, 5.74) is 0. The summed E-state index contributed by atoms with van der Waals surface area (Å²) in [7, 11) is 0. The normalized spacial score (nSPS) is 10.6. The average molecular weight is 970 g/mol. The van der Waals surface area contributed by atoms with Crippen molar-refractivity contribution in [2.24, 2.45) is 0 Å². The average Bonchev–Trinajstić information content (AvgIpc) is 2.38. The fourth-order valence-electron chi connectivity index (χ4n) is 1.62. The molecule has 0 saturated heterocycles. The van der Waals surface area contributed by atoms with E-state index in [4.69, 9.17) is 9.47 Å². The highest BCUT2D eigenvalue weighted by Gasteiger charge is 2.10. The Morgan fingerprint density at radius 1 is 0.545 bits per heavy atom. The van der Waals surface area contributed by atoms with E-state index in [9.17, 15) is 0 Å². The maximum Gasteiger partial charge on any atom is 0.146 e. The molecule has 0 atom stereocenters. The standard InChI is InChI=1S/C14H8I6O2/c15-7-3-9(17)13(10(18)4-7)21-1-2-22-14-11(19)5-8(16)6-12(14)20/h3-6H,1-2H2. The van der Waals surface area contributed by atoms with Crippen LogP contribution in [0, 0.1) is 21.4 Å². The van der Waals surface area contributed by atoms with Gasteiger partial charge in [0.15, 0.2) is 0 Å². The molecule has 0 heterocycles. The molecule has 22 heavy (non-hydrogen) atoms. The zero-order chi connectivity index (χ0) is 16.3. The molecule has 2 aromatic carbocycles. The maximum absolute atomic E-state index is 5.90. The molecular weight excluding hydrogens is 962 g/mol. The SMILES string of the molecule is Ic1cc(I)c(OCCOc2c(I)cc(I)cc2I)c(I)c1. The lowest BCUT2D eigenvalue weighted by Crippen LogP contribution is -2.11. The molecule has 118 valence electrons. The molecule has 0 aliphatic heterocycles. The summed E-state index contributed by atoms with van der Waals surface area (Å²) in [6, 6.07) is 8.46. The van der Waals surface area contributed by atoms with Crippen molar-refractivity contribution in [2.45, 2.75) is 0 Å². The molecule has 0 fully saturated rings. The van der Waals surface area contributed by atoms with Gasteiger partial charge in [0.25, 0.3) is 0 Å². The van der Waals surface area contributed by atoms with E-state index in [1.807, 2.05) is 0 Å². The molecule has 0 radical (unpaired) electrons. The zero-order valence-electron chi connectivity index (χ0n) is 10.8. The zero-order valence-corrected chi connectivity index (χ0v) is 23.8. The van der Waals surface area contributed by atoms with E-state index in [0.717, 1.165) is 25.8 Å². The molecule has 0 amide bonds. The van der Waals surface area contributed by atoms with E-state index in [-0.39, 0.29) is 0 Å². The second-order valence-corrected chi connectivity index (χ2v) is 11.2. The molecule has 0 unspecified atom stereocenters. The molecule has 2 rings (SSSR count). The molecule has 0 aliphatic rings. The van der Waals surface area contributed by atoms with Crippen molar-refractivity contribution < 1.29 is 9.47 Å². The van der Waals surface area contributed by atoms with Crippen LogP contribution in [0.15, 0.2) is 24.3 Å². The first kappa shape index (κ1) is 20.7. The van der Waals surface area contributed by atoms with Gasteiger partial charge in [0, 0.05) is 7.14 Å². The molecule has 0 bridgehead atoms. The molecule has 2 aromatic rings. The number of rotatable bonds is 5. The molecule has 2 nitrogen and oxygen atoms in total. The van der Waals surface area contributed by atoms with Crippen LogP contribution in [0.3, 0.4) is 0 Å². The van der Waals surface area contributed by atoms with Crippen molar-refractivity contribution in [3.63, 3.8) is 0 Å². The lowest BCUT2D eigenvalue weighted by Gasteiger charge is -2.13. The van der Waals surface area contributed by atoms with Gasteiger partial charge in [0.2, 0.25) is 0 Å². The Kier molecular flexibility index (Phi) is 9.36. The van der Waals surface area contributed by atoms with Crippen LogP contribution in [0.25, 0.3) is 0 Å². The number of halogens is 6. The van der Waals surface area contributed by atoms with Crippen molar-refractivity contribution >= 4 is 136 Å². The first-order valence-electron chi connectivity index (χ1n) is 5.93. The minimum Gasteiger partial charge on any atom is -0.488 e. The summed E-state index contributed by atoms with van der Waals surface area (Å²) in [6.07, 6.45) is 0. The minimum absolute atomic E-state index is 0.532. The summed E-state index contributed by atoms with van der Waals surface area (Å²) < 4.78 is 18.8. The highest BCUT2D eigenvalue weighted by Crippen LogP contribution is 2.31. The topological polar surface area (TPSA) is 18.5 Å². The fraction of sp³-hybridized carbons (Fsp3) is 0.143. The van der Waals surface area contributed by atoms with Gasteiger partial charge in [-0.2, -0.15) is 0 Å². The summed E-state index contributed by atoms with van der Waals surface area (Å²) >= 11 is 13.9. The van der Waals surface area contributed by atoms with E-state index < -0.39 is 0 Å². The number of benzene rings is 2. The first-order chi connectivity index (χ1) is 10.4. The third-order valence-corrected chi connectivity index (χ3v) is 6.95. The van der Waals surface area contributed by atoms with E-state index in [0.29, 0.717) is 13.2 Å². The second-order valence-electron chi connectivity index (χ2n) is 4.09. The third-order valence-electron chi connectivity index (χ3n) is 2.50. The van der Waals surface area contributed by atoms with Crippen molar-refractivity contribution in [3.8, 4) is 11.5 Å². The first-order valence-corrected chi connectivity index (χ1v) is 12.4. The lowest BCUT2D eigenvalue weighted by molar-refractivity contribution is 0.213. The lowest BCUT2D eigenvalue weighted by atomic mass is 10.3. The molecule has 0 N–H and O–H groups in total. The van der Waals surface area contributed by atoms with Gasteiger partial charge in [0.05, 0.1) is 14.3 Å². The van der Waals surface area contributed by atoms with Crippen molar-refractivity contribution in [3.05, 3.63) is 45.7 Å². The molecule has 0 aromatic heterocycles. The summed E-state index contributed by atoms with van der Waals surface area (Å²) in [6.45, 7) is 1.06. The van der Waals surface area contributed by atoms with Gasteiger partial charge >= 0.3 is 0 Å². The smallest absolute Gasteiger partial charge is 0.146 e. The Morgan fingerprint density at radius 3 is 1.09 bits per heavy atom. The van der Waals surface area contributed by atoms with Crippen LogP contribution >= 0.6 is 136 Å². The molecule has 0 saturated carbocycles. The van der Waals surface area contributed by atoms with E-state index in [1.165, 1.54) is 7.14 Å². The quantitative estimate of drug-likeness (QED) is 0.244. The summed E-state index contributed by atoms with van der Waals surface area (Å²) in [4.78, 5) is 0. The second kappa shape index (κ2) is 9.94. The van der Waals surface area contributed by atoms with Crippen molar-refractivity contribution in [1.82, 2.24) is 0 Å².